The van der Waals surface area contributed by atoms with E-state index in [4.69, 9.17) is 10.5 Å². The molecule has 1 aromatic rings. The monoisotopic (exact) mass is 275 g/mol. The number of nitrogens with two attached hydrogens (primary N) is 1. The summed E-state index contributed by atoms with van der Waals surface area (Å²) in [6, 6.07) is 4.42. The van der Waals surface area contributed by atoms with E-state index in [1.54, 1.807) is 6.07 Å². The number of hydrogen-bond donors (Lipinski definition) is 1. The van der Waals surface area contributed by atoms with E-state index in [1.165, 1.54) is 12.1 Å². The Labute approximate surface area is 97.7 Å². The summed E-state index contributed by atoms with van der Waals surface area (Å²) in [5.41, 5.74) is 5.37. The zero-order chi connectivity index (χ0) is 11.1. The van der Waals surface area contributed by atoms with E-state index in [2.05, 4.69) is 15.9 Å². The van der Waals surface area contributed by atoms with Crippen molar-refractivity contribution in [1.29, 1.82) is 0 Å². The predicted octanol–water partition coefficient (Wildman–Crippen LogP) is 3.10. The molecule has 0 saturated heterocycles. The Morgan fingerprint density at radius 1 is 1.27 bits per heavy atom. The number of unbranched alkanes of at least 4 members (excludes halogenated alkanes) is 2. The van der Waals surface area contributed by atoms with Crippen molar-refractivity contribution in [3.63, 3.8) is 0 Å². The van der Waals surface area contributed by atoms with Crippen molar-refractivity contribution in [3.8, 4) is 5.75 Å². The third-order valence-electron chi connectivity index (χ3n) is 2.00. The van der Waals surface area contributed by atoms with Gasteiger partial charge in [0.25, 0.3) is 0 Å². The van der Waals surface area contributed by atoms with E-state index in [9.17, 15) is 4.39 Å². The first-order valence-corrected chi connectivity index (χ1v) is 5.81. The fourth-order valence-electron chi connectivity index (χ4n) is 1.19. The van der Waals surface area contributed by atoms with Gasteiger partial charge >= 0.3 is 0 Å². The molecule has 84 valence electrons. The lowest BCUT2D eigenvalue weighted by molar-refractivity contribution is 0.302. The summed E-state index contributed by atoms with van der Waals surface area (Å²) < 4.78 is 19.1. The van der Waals surface area contributed by atoms with Crippen molar-refractivity contribution in [2.24, 2.45) is 5.73 Å². The van der Waals surface area contributed by atoms with Crippen molar-refractivity contribution >= 4 is 15.9 Å². The van der Waals surface area contributed by atoms with Gasteiger partial charge in [-0.15, -0.1) is 0 Å². The molecular formula is C11H15BrFNO. The maximum atomic E-state index is 12.9. The zero-order valence-corrected chi connectivity index (χ0v) is 10.1. The minimum atomic E-state index is -0.282. The summed E-state index contributed by atoms with van der Waals surface area (Å²) in [6.45, 7) is 1.31. The quantitative estimate of drug-likeness (QED) is 0.810. The molecule has 0 aliphatic heterocycles. The molecule has 0 aromatic heterocycles. The molecule has 15 heavy (non-hydrogen) atoms. The van der Waals surface area contributed by atoms with Crippen LogP contribution in [-0.2, 0) is 0 Å². The average molecular weight is 276 g/mol. The molecule has 0 amide bonds. The van der Waals surface area contributed by atoms with Crippen molar-refractivity contribution in [2.45, 2.75) is 19.3 Å². The third-order valence-corrected chi connectivity index (χ3v) is 2.65. The third kappa shape index (κ3) is 4.62. The van der Waals surface area contributed by atoms with Crippen LogP contribution in [0.4, 0.5) is 4.39 Å². The van der Waals surface area contributed by atoms with E-state index in [0.717, 1.165) is 23.7 Å². The van der Waals surface area contributed by atoms with Crippen LogP contribution < -0.4 is 10.5 Å². The van der Waals surface area contributed by atoms with E-state index >= 15 is 0 Å². The highest BCUT2D eigenvalue weighted by Crippen LogP contribution is 2.25. The highest BCUT2D eigenvalue weighted by atomic mass is 79.9. The number of hydrogen-bond acceptors (Lipinski definition) is 2. The number of halogens is 2. The minimum absolute atomic E-state index is 0.282. The largest absolute Gasteiger partial charge is 0.492 e. The average Bonchev–Trinajstić information content (AvgIpc) is 2.23. The van der Waals surface area contributed by atoms with Crippen molar-refractivity contribution in [2.75, 3.05) is 13.2 Å². The molecule has 4 heteroatoms. The van der Waals surface area contributed by atoms with E-state index < -0.39 is 0 Å². The van der Waals surface area contributed by atoms with E-state index in [-0.39, 0.29) is 5.82 Å². The first-order valence-electron chi connectivity index (χ1n) is 5.02. The van der Waals surface area contributed by atoms with Crippen molar-refractivity contribution < 1.29 is 9.13 Å². The van der Waals surface area contributed by atoms with Gasteiger partial charge in [0, 0.05) is 6.07 Å². The first-order chi connectivity index (χ1) is 7.24. The molecule has 2 nitrogen and oxygen atoms in total. The normalized spacial score (nSPS) is 10.3. The van der Waals surface area contributed by atoms with E-state index in [1.807, 2.05) is 0 Å². The topological polar surface area (TPSA) is 35.2 Å². The Balaban J connectivity index is 2.33. The van der Waals surface area contributed by atoms with Gasteiger partial charge < -0.3 is 10.5 Å². The Morgan fingerprint density at radius 2 is 2.07 bits per heavy atom. The van der Waals surface area contributed by atoms with Crippen LogP contribution in [0.5, 0.6) is 5.75 Å². The fourth-order valence-corrected chi connectivity index (χ4v) is 1.55. The van der Waals surface area contributed by atoms with Crippen LogP contribution in [0, 0.1) is 5.82 Å². The molecule has 0 atom stereocenters. The molecule has 0 saturated carbocycles. The van der Waals surface area contributed by atoms with Gasteiger partial charge in [-0.3, -0.25) is 0 Å². The van der Waals surface area contributed by atoms with Gasteiger partial charge in [-0.05, 0) is 53.9 Å². The first kappa shape index (κ1) is 12.5. The second kappa shape index (κ2) is 6.80. The Morgan fingerprint density at radius 3 is 2.80 bits per heavy atom. The lowest BCUT2D eigenvalue weighted by Crippen LogP contribution is -2.02. The molecule has 0 radical (unpaired) electrons. The van der Waals surface area contributed by atoms with Gasteiger partial charge in [0.15, 0.2) is 0 Å². The SMILES string of the molecule is NCCCCCOc1cc(F)ccc1Br. The second-order valence-electron chi connectivity index (χ2n) is 3.27. The molecule has 0 aliphatic rings. The van der Waals surface area contributed by atoms with Crippen LogP contribution in [0.2, 0.25) is 0 Å². The van der Waals surface area contributed by atoms with Crippen LogP contribution in [0.3, 0.4) is 0 Å². The summed E-state index contributed by atoms with van der Waals surface area (Å²) in [5.74, 6) is 0.276. The van der Waals surface area contributed by atoms with Gasteiger partial charge in [0.05, 0.1) is 11.1 Å². The molecular weight excluding hydrogens is 261 g/mol. The molecule has 0 unspecified atom stereocenters. The van der Waals surface area contributed by atoms with Gasteiger partial charge in [0.1, 0.15) is 11.6 Å². The van der Waals surface area contributed by atoms with Gasteiger partial charge in [-0.2, -0.15) is 0 Å². The Hall–Kier alpha value is -0.610. The lowest BCUT2D eigenvalue weighted by Gasteiger charge is -2.07. The summed E-state index contributed by atoms with van der Waals surface area (Å²) in [5, 5.41) is 0. The summed E-state index contributed by atoms with van der Waals surface area (Å²) >= 11 is 3.30. The Kier molecular flexibility index (Phi) is 5.65. The molecule has 0 spiro atoms. The number of benzene rings is 1. The fraction of sp³-hybridized carbons (Fsp3) is 0.455. The second-order valence-corrected chi connectivity index (χ2v) is 4.13. The highest BCUT2D eigenvalue weighted by Gasteiger charge is 2.02. The van der Waals surface area contributed by atoms with E-state index in [0.29, 0.717) is 18.9 Å². The van der Waals surface area contributed by atoms with Gasteiger partial charge in [-0.25, -0.2) is 4.39 Å². The van der Waals surface area contributed by atoms with Crippen LogP contribution in [0.1, 0.15) is 19.3 Å². The number of ether oxygens (including phenoxy) is 1. The summed E-state index contributed by atoms with van der Waals surface area (Å²) in [4.78, 5) is 0. The van der Waals surface area contributed by atoms with Crippen molar-refractivity contribution in [3.05, 3.63) is 28.5 Å². The standard InChI is InChI=1S/C11H15BrFNO/c12-10-5-4-9(13)8-11(10)15-7-3-1-2-6-14/h4-5,8H,1-3,6-7,14H2. The van der Waals surface area contributed by atoms with Crippen molar-refractivity contribution in [1.82, 2.24) is 0 Å². The molecule has 1 aromatic carbocycles. The predicted molar refractivity (Wildman–Crippen MR) is 62.5 cm³/mol. The smallest absolute Gasteiger partial charge is 0.136 e. The maximum Gasteiger partial charge on any atom is 0.136 e. The molecule has 1 rings (SSSR count). The lowest BCUT2D eigenvalue weighted by atomic mass is 10.2. The van der Waals surface area contributed by atoms with Crippen LogP contribution in [-0.4, -0.2) is 13.2 Å². The van der Waals surface area contributed by atoms with Gasteiger partial charge in [0.2, 0.25) is 0 Å². The molecule has 0 fully saturated rings. The summed E-state index contributed by atoms with van der Waals surface area (Å²) in [7, 11) is 0. The maximum absolute atomic E-state index is 12.9. The Bertz CT molecular complexity index is 307. The van der Waals surface area contributed by atoms with Gasteiger partial charge in [-0.1, -0.05) is 0 Å². The highest BCUT2D eigenvalue weighted by molar-refractivity contribution is 9.10. The number of rotatable bonds is 6. The molecule has 0 heterocycles. The van der Waals surface area contributed by atoms with Crippen LogP contribution in [0.25, 0.3) is 0 Å². The minimum Gasteiger partial charge on any atom is -0.492 e. The van der Waals surface area contributed by atoms with Crippen LogP contribution in [0.15, 0.2) is 22.7 Å². The van der Waals surface area contributed by atoms with Crippen LogP contribution >= 0.6 is 15.9 Å². The molecule has 0 bridgehead atoms. The molecule has 2 N–H and O–H groups in total. The zero-order valence-electron chi connectivity index (χ0n) is 8.51. The summed E-state index contributed by atoms with van der Waals surface area (Å²) in [6.07, 6.45) is 3.00. The molecule has 0 aliphatic carbocycles.